The Bertz CT molecular complexity index is 1120. The van der Waals surface area contributed by atoms with Crippen LogP contribution in [0.25, 0.3) is 6.08 Å². The number of benzene rings is 2. The first-order valence-electron chi connectivity index (χ1n) is 10.7. The molecule has 0 unspecified atom stereocenters. The van der Waals surface area contributed by atoms with Gasteiger partial charge in [0.05, 0.1) is 19.3 Å². The number of carbonyl (C=O) groups excluding carboxylic acids is 2. The van der Waals surface area contributed by atoms with Crippen LogP contribution in [0.1, 0.15) is 40.2 Å². The van der Waals surface area contributed by atoms with Gasteiger partial charge in [0.1, 0.15) is 11.6 Å². The second-order valence-electron chi connectivity index (χ2n) is 7.04. The van der Waals surface area contributed by atoms with E-state index in [0.29, 0.717) is 28.7 Å². The van der Waals surface area contributed by atoms with E-state index >= 15 is 0 Å². The second-order valence-corrected chi connectivity index (χ2v) is 8.17. The van der Waals surface area contributed by atoms with Gasteiger partial charge >= 0.3 is 5.97 Å². The maximum absolute atomic E-state index is 12.5. The number of thiophene rings is 1. The molecule has 1 amide bonds. The van der Waals surface area contributed by atoms with Gasteiger partial charge in [-0.3, -0.25) is 4.79 Å². The van der Waals surface area contributed by atoms with Crippen LogP contribution in [0.15, 0.2) is 60.7 Å². The molecular weight excluding hydrogens is 438 g/mol. The van der Waals surface area contributed by atoms with E-state index in [9.17, 15) is 9.59 Å². The Labute approximate surface area is 197 Å². The van der Waals surface area contributed by atoms with Gasteiger partial charge < -0.3 is 19.5 Å². The quantitative estimate of drug-likeness (QED) is 0.306. The molecule has 0 radical (unpaired) electrons. The lowest BCUT2D eigenvalue weighted by molar-refractivity contribution is -0.111. The van der Waals surface area contributed by atoms with Gasteiger partial charge in [0.15, 0.2) is 11.5 Å². The summed E-state index contributed by atoms with van der Waals surface area (Å²) in [5.41, 5.74) is 2.21. The molecule has 0 fully saturated rings. The van der Waals surface area contributed by atoms with Crippen molar-refractivity contribution in [2.45, 2.75) is 26.9 Å². The molecule has 172 valence electrons. The summed E-state index contributed by atoms with van der Waals surface area (Å²) in [5, 5.41) is 3.28. The third-order valence-corrected chi connectivity index (χ3v) is 5.91. The SMILES string of the molecule is CCOC(=O)c1cc(CC)sc1NC(=O)/C=C/c1ccc(OCc2ccccc2)c(OC)c1. The molecule has 2 aromatic carbocycles. The molecule has 0 spiro atoms. The van der Waals surface area contributed by atoms with E-state index in [0.717, 1.165) is 22.4 Å². The van der Waals surface area contributed by atoms with Gasteiger partial charge in [0.2, 0.25) is 5.91 Å². The number of nitrogens with one attached hydrogen (secondary N) is 1. The molecule has 1 aromatic heterocycles. The molecule has 0 saturated carbocycles. The number of esters is 1. The van der Waals surface area contributed by atoms with Gasteiger partial charge in [-0.25, -0.2) is 4.79 Å². The number of ether oxygens (including phenoxy) is 3. The Morgan fingerprint density at radius 2 is 1.82 bits per heavy atom. The predicted molar refractivity (Wildman–Crippen MR) is 131 cm³/mol. The molecule has 1 heterocycles. The van der Waals surface area contributed by atoms with E-state index in [-0.39, 0.29) is 12.5 Å². The summed E-state index contributed by atoms with van der Waals surface area (Å²) in [5.74, 6) is 0.411. The minimum absolute atomic E-state index is 0.274. The van der Waals surface area contributed by atoms with Crippen LogP contribution in [0.4, 0.5) is 5.00 Å². The zero-order chi connectivity index (χ0) is 23.6. The summed E-state index contributed by atoms with van der Waals surface area (Å²) in [7, 11) is 1.57. The highest BCUT2D eigenvalue weighted by molar-refractivity contribution is 7.16. The number of amides is 1. The zero-order valence-electron chi connectivity index (χ0n) is 18.9. The van der Waals surface area contributed by atoms with E-state index in [1.807, 2.05) is 49.4 Å². The van der Waals surface area contributed by atoms with E-state index in [4.69, 9.17) is 14.2 Å². The zero-order valence-corrected chi connectivity index (χ0v) is 19.7. The summed E-state index contributed by atoms with van der Waals surface area (Å²) in [4.78, 5) is 25.7. The van der Waals surface area contributed by atoms with E-state index in [1.54, 1.807) is 32.2 Å². The van der Waals surface area contributed by atoms with Crippen LogP contribution < -0.4 is 14.8 Å². The van der Waals surface area contributed by atoms with Crippen molar-refractivity contribution in [2.75, 3.05) is 19.0 Å². The molecule has 3 rings (SSSR count). The van der Waals surface area contributed by atoms with Gasteiger partial charge in [-0.15, -0.1) is 11.3 Å². The van der Waals surface area contributed by atoms with Crippen LogP contribution in [0.3, 0.4) is 0 Å². The first kappa shape index (κ1) is 24.1. The van der Waals surface area contributed by atoms with Gasteiger partial charge in [0.25, 0.3) is 0 Å². The largest absolute Gasteiger partial charge is 0.493 e. The minimum Gasteiger partial charge on any atom is -0.493 e. The number of carbonyl (C=O) groups is 2. The van der Waals surface area contributed by atoms with Crippen molar-refractivity contribution in [3.05, 3.63) is 82.2 Å². The first-order chi connectivity index (χ1) is 16.0. The summed E-state index contributed by atoms with van der Waals surface area (Å²) in [6.45, 7) is 4.44. The van der Waals surface area contributed by atoms with Crippen LogP contribution in [-0.4, -0.2) is 25.6 Å². The summed E-state index contributed by atoms with van der Waals surface area (Å²) >= 11 is 1.37. The Balaban J connectivity index is 1.67. The Kier molecular flexibility index (Phi) is 8.66. The van der Waals surface area contributed by atoms with E-state index < -0.39 is 5.97 Å². The fourth-order valence-electron chi connectivity index (χ4n) is 3.04. The molecule has 3 aromatic rings. The van der Waals surface area contributed by atoms with Crippen molar-refractivity contribution >= 4 is 34.3 Å². The third kappa shape index (κ3) is 6.70. The average Bonchev–Trinajstić information content (AvgIpc) is 3.25. The maximum atomic E-state index is 12.5. The third-order valence-electron chi connectivity index (χ3n) is 4.72. The fourth-order valence-corrected chi connectivity index (χ4v) is 4.02. The van der Waals surface area contributed by atoms with Crippen molar-refractivity contribution < 1.29 is 23.8 Å². The highest BCUT2D eigenvalue weighted by Gasteiger charge is 2.18. The standard InChI is InChI=1S/C26H27NO5S/c1-4-20-16-21(26(29)31-5-2)25(33-20)27-24(28)14-12-18-11-13-22(23(15-18)30-3)32-17-19-9-7-6-8-10-19/h6-16H,4-5,17H2,1-3H3,(H,27,28)/b14-12+. The van der Waals surface area contributed by atoms with Crippen molar-refractivity contribution in [2.24, 2.45) is 0 Å². The minimum atomic E-state index is -0.441. The second kappa shape index (κ2) is 11.9. The highest BCUT2D eigenvalue weighted by atomic mass is 32.1. The Morgan fingerprint density at radius 1 is 1.03 bits per heavy atom. The first-order valence-corrected chi connectivity index (χ1v) is 11.5. The number of hydrogen-bond donors (Lipinski definition) is 1. The summed E-state index contributed by atoms with van der Waals surface area (Å²) in [6, 6.07) is 17.1. The number of anilines is 1. The number of methoxy groups -OCH3 is 1. The van der Waals surface area contributed by atoms with Crippen molar-refractivity contribution in [3.63, 3.8) is 0 Å². The Morgan fingerprint density at radius 3 is 2.52 bits per heavy atom. The Hall–Kier alpha value is -3.58. The van der Waals surface area contributed by atoms with Gasteiger partial charge in [-0.2, -0.15) is 0 Å². The molecule has 0 bridgehead atoms. The molecular formula is C26H27NO5S. The average molecular weight is 466 g/mol. The van der Waals surface area contributed by atoms with Crippen molar-refractivity contribution in [1.82, 2.24) is 0 Å². The van der Waals surface area contributed by atoms with Gasteiger partial charge in [0, 0.05) is 11.0 Å². The van der Waals surface area contributed by atoms with Crippen molar-refractivity contribution in [3.8, 4) is 11.5 Å². The molecule has 33 heavy (non-hydrogen) atoms. The number of hydrogen-bond acceptors (Lipinski definition) is 6. The van der Waals surface area contributed by atoms with Crippen LogP contribution in [0, 0.1) is 0 Å². The maximum Gasteiger partial charge on any atom is 0.341 e. The normalized spacial score (nSPS) is 10.8. The molecule has 0 aliphatic heterocycles. The van der Waals surface area contributed by atoms with Crippen LogP contribution in [0.2, 0.25) is 0 Å². The molecule has 1 N–H and O–H groups in total. The van der Waals surface area contributed by atoms with Gasteiger partial charge in [-0.1, -0.05) is 43.3 Å². The topological polar surface area (TPSA) is 73.9 Å². The lowest BCUT2D eigenvalue weighted by Crippen LogP contribution is -2.11. The van der Waals surface area contributed by atoms with Crippen LogP contribution >= 0.6 is 11.3 Å². The lowest BCUT2D eigenvalue weighted by atomic mass is 10.2. The lowest BCUT2D eigenvalue weighted by Gasteiger charge is -2.11. The summed E-state index contributed by atoms with van der Waals surface area (Å²) < 4.78 is 16.4. The van der Waals surface area contributed by atoms with E-state index in [1.165, 1.54) is 17.4 Å². The smallest absolute Gasteiger partial charge is 0.341 e. The van der Waals surface area contributed by atoms with Gasteiger partial charge in [-0.05, 0) is 48.7 Å². The number of aryl methyl sites for hydroxylation is 1. The highest BCUT2D eigenvalue weighted by Crippen LogP contribution is 2.31. The number of rotatable bonds is 10. The summed E-state index contributed by atoms with van der Waals surface area (Å²) in [6.07, 6.45) is 3.86. The fraction of sp³-hybridized carbons (Fsp3) is 0.231. The molecule has 0 aliphatic carbocycles. The monoisotopic (exact) mass is 465 g/mol. The van der Waals surface area contributed by atoms with Crippen LogP contribution in [-0.2, 0) is 22.6 Å². The predicted octanol–water partition coefficient (Wildman–Crippen LogP) is 5.73. The molecule has 7 heteroatoms. The van der Waals surface area contributed by atoms with Crippen molar-refractivity contribution in [1.29, 1.82) is 0 Å². The van der Waals surface area contributed by atoms with Crippen LogP contribution in [0.5, 0.6) is 11.5 Å². The van der Waals surface area contributed by atoms with E-state index in [2.05, 4.69) is 5.32 Å². The molecule has 0 saturated heterocycles. The molecule has 6 nitrogen and oxygen atoms in total. The molecule has 0 aliphatic rings. The molecule has 0 atom stereocenters.